The van der Waals surface area contributed by atoms with E-state index in [0.29, 0.717) is 18.9 Å². The highest BCUT2D eigenvalue weighted by molar-refractivity contribution is 5.77. The van der Waals surface area contributed by atoms with Crippen molar-refractivity contribution in [3.8, 4) is 11.5 Å². The number of likely N-dealkylation sites (N-methyl/N-ethyl adjacent to an activating group) is 1. The Morgan fingerprint density at radius 3 is 2.28 bits per heavy atom. The molecule has 1 aromatic heterocycles. The van der Waals surface area contributed by atoms with E-state index >= 15 is 0 Å². The second kappa shape index (κ2) is 10.3. The first-order valence-corrected chi connectivity index (χ1v) is 9.48. The number of amides is 1. The lowest BCUT2D eigenvalue weighted by molar-refractivity contribution is -0.123. The monoisotopic (exact) mass is 394 g/mol. The van der Waals surface area contributed by atoms with Gasteiger partial charge >= 0.3 is 0 Å². The first-order valence-electron chi connectivity index (χ1n) is 9.48. The maximum atomic E-state index is 12.1. The number of nitrogens with zero attached hydrogens (tertiary/aromatic N) is 1. The van der Waals surface area contributed by atoms with Crippen LogP contribution < -0.4 is 14.8 Å². The molecular weight excluding hydrogens is 368 g/mol. The molecule has 0 fully saturated rings. The number of furan rings is 1. The zero-order valence-corrected chi connectivity index (χ0v) is 16.7. The van der Waals surface area contributed by atoms with Crippen LogP contribution in [0.15, 0.2) is 77.4 Å². The first-order chi connectivity index (χ1) is 14.1. The molecule has 0 radical (unpaired) electrons. The number of carbonyl (C=O) groups is 1. The standard InChI is InChI=1S/C23H26N2O4/c1-25(2)21(22-9-6-14-27-22)15-24-23(26)17-29-20-12-10-19(11-13-20)28-16-18-7-4-3-5-8-18/h3-14,21H,15-17H2,1-2H3,(H,24,26)/t21-/m1/s1. The van der Waals surface area contributed by atoms with Gasteiger partial charge in [-0.3, -0.25) is 9.69 Å². The normalized spacial score (nSPS) is 11.8. The van der Waals surface area contributed by atoms with Crippen molar-refractivity contribution in [3.05, 3.63) is 84.3 Å². The fourth-order valence-electron chi connectivity index (χ4n) is 2.80. The van der Waals surface area contributed by atoms with Crippen molar-refractivity contribution in [2.45, 2.75) is 12.6 Å². The van der Waals surface area contributed by atoms with E-state index in [1.54, 1.807) is 18.4 Å². The number of benzene rings is 2. The zero-order valence-electron chi connectivity index (χ0n) is 16.7. The predicted octanol–water partition coefficient (Wildman–Crippen LogP) is 3.66. The molecule has 29 heavy (non-hydrogen) atoms. The van der Waals surface area contributed by atoms with Gasteiger partial charge in [0.15, 0.2) is 6.61 Å². The minimum atomic E-state index is -0.187. The minimum absolute atomic E-state index is 0.0324. The third kappa shape index (κ3) is 6.40. The van der Waals surface area contributed by atoms with Gasteiger partial charge in [-0.25, -0.2) is 0 Å². The van der Waals surface area contributed by atoms with Gasteiger partial charge in [-0.1, -0.05) is 30.3 Å². The molecule has 0 unspecified atom stereocenters. The highest BCUT2D eigenvalue weighted by atomic mass is 16.5. The summed E-state index contributed by atoms with van der Waals surface area (Å²) >= 11 is 0. The number of rotatable bonds is 10. The molecule has 0 saturated heterocycles. The van der Waals surface area contributed by atoms with Crippen molar-refractivity contribution in [1.82, 2.24) is 10.2 Å². The average molecular weight is 394 g/mol. The van der Waals surface area contributed by atoms with Gasteiger partial charge in [0.05, 0.1) is 12.3 Å². The highest BCUT2D eigenvalue weighted by Crippen LogP contribution is 2.19. The van der Waals surface area contributed by atoms with Gasteiger partial charge < -0.3 is 19.2 Å². The van der Waals surface area contributed by atoms with Crippen molar-refractivity contribution >= 4 is 5.91 Å². The van der Waals surface area contributed by atoms with E-state index in [1.807, 2.05) is 73.6 Å². The number of hydrogen-bond donors (Lipinski definition) is 1. The third-order valence-corrected chi connectivity index (χ3v) is 4.43. The number of carbonyl (C=O) groups excluding carboxylic acids is 1. The molecule has 1 amide bonds. The van der Waals surface area contributed by atoms with Gasteiger partial charge in [0, 0.05) is 6.54 Å². The number of ether oxygens (including phenoxy) is 2. The van der Waals surface area contributed by atoms with Crippen molar-refractivity contribution in [3.63, 3.8) is 0 Å². The minimum Gasteiger partial charge on any atom is -0.489 e. The van der Waals surface area contributed by atoms with E-state index < -0.39 is 0 Å². The molecule has 0 spiro atoms. The van der Waals surface area contributed by atoms with Gasteiger partial charge in [0.25, 0.3) is 5.91 Å². The average Bonchev–Trinajstić information content (AvgIpc) is 3.26. The summed E-state index contributed by atoms with van der Waals surface area (Å²) in [5, 5.41) is 2.88. The van der Waals surface area contributed by atoms with Crippen LogP contribution in [-0.4, -0.2) is 38.1 Å². The van der Waals surface area contributed by atoms with Gasteiger partial charge in [-0.15, -0.1) is 0 Å². The van der Waals surface area contributed by atoms with Gasteiger partial charge in [-0.05, 0) is 56.1 Å². The largest absolute Gasteiger partial charge is 0.489 e. The Morgan fingerprint density at radius 1 is 0.966 bits per heavy atom. The van der Waals surface area contributed by atoms with E-state index in [0.717, 1.165) is 17.1 Å². The Morgan fingerprint density at radius 2 is 1.66 bits per heavy atom. The van der Waals surface area contributed by atoms with Gasteiger partial charge in [-0.2, -0.15) is 0 Å². The molecule has 0 bridgehead atoms. The Labute approximate surface area is 171 Å². The third-order valence-electron chi connectivity index (χ3n) is 4.43. The fourth-order valence-corrected chi connectivity index (χ4v) is 2.80. The van der Waals surface area contributed by atoms with E-state index in [2.05, 4.69) is 5.32 Å². The van der Waals surface area contributed by atoms with E-state index in [9.17, 15) is 4.79 Å². The molecule has 2 aromatic carbocycles. The maximum absolute atomic E-state index is 12.1. The summed E-state index contributed by atoms with van der Waals surface area (Å²) in [5.74, 6) is 1.98. The van der Waals surface area contributed by atoms with Crippen LogP contribution in [-0.2, 0) is 11.4 Å². The van der Waals surface area contributed by atoms with Crippen LogP contribution in [0.3, 0.4) is 0 Å². The molecule has 0 aliphatic rings. The molecule has 0 aliphatic carbocycles. The lowest BCUT2D eigenvalue weighted by Crippen LogP contribution is -2.36. The molecule has 6 nitrogen and oxygen atoms in total. The SMILES string of the molecule is CN(C)[C@H](CNC(=O)COc1ccc(OCc2ccccc2)cc1)c1ccco1. The van der Waals surface area contributed by atoms with E-state index in [1.165, 1.54) is 0 Å². The molecule has 1 N–H and O–H groups in total. The molecule has 3 rings (SSSR count). The summed E-state index contributed by atoms with van der Waals surface area (Å²) in [7, 11) is 3.88. The lowest BCUT2D eigenvalue weighted by atomic mass is 10.2. The first kappa shape index (κ1) is 20.5. The van der Waals surface area contributed by atoms with Crippen molar-refractivity contribution in [2.24, 2.45) is 0 Å². The Bertz CT molecular complexity index is 862. The fraction of sp³-hybridized carbons (Fsp3) is 0.261. The summed E-state index contributed by atoms with van der Waals surface area (Å²) < 4.78 is 16.8. The summed E-state index contributed by atoms with van der Waals surface area (Å²) in [6.45, 7) is 0.893. The Balaban J connectivity index is 1.41. The summed E-state index contributed by atoms with van der Waals surface area (Å²) in [4.78, 5) is 14.1. The van der Waals surface area contributed by atoms with E-state index in [4.69, 9.17) is 13.9 Å². The molecule has 1 heterocycles. The van der Waals surface area contributed by atoms with Crippen LogP contribution in [0, 0.1) is 0 Å². The van der Waals surface area contributed by atoms with Crippen LogP contribution >= 0.6 is 0 Å². The van der Waals surface area contributed by atoms with Crippen molar-refractivity contribution in [2.75, 3.05) is 27.2 Å². The van der Waals surface area contributed by atoms with Gasteiger partial charge in [0.2, 0.25) is 0 Å². The Hall–Kier alpha value is -3.25. The maximum Gasteiger partial charge on any atom is 0.258 e. The topological polar surface area (TPSA) is 63.9 Å². The quantitative estimate of drug-likeness (QED) is 0.569. The van der Waals surface area contributed by atoms with Crippen LogP contribution in [0.1, 0.15) is 17.4 Å². The molecule has 3 aromatic rings. The van der Waals surface area contributed by atoms with Crippen LogP contribution in [0.5, 0.6) is 11.5 Å². The second-order valence-corrected chi connectivity index (χ2v) is 6.83. The predicted molar refractivity (Wildman–Crippen MR) is 111 cm³/mol. The second-order valence-electron chi connectivity index (χ2n) is 6.83. The van der Waals surface area contributed by atoms with Crippen molar-refractivity contribution in [1.29, 1.82) is 0 Å². The molecule has 6 heteroatoms. The van der Waals surface area contributed by atoms with Crippen LogP contribution in [0.25, 0.3) is 0 Å². The van der Waals surface area contributed by atoms with Crippen LogP contribution in [0.4, 0.5) is 0 Å². The smallest absolute Gasteiger partial charge is 0.258 e. The number of nitrogens with one attached hydrogen (secondary N) is 1. The molecular formula is C23H26N2O4. The van der Waals surface area contributed by atoms with Gasteiger partial charge in [0.1, 0.15) is 23.9 Å². The van der Waals surface area contributed by atoms with E-state index in [-0.39, 0.29) is 18.6 Å². The van der Waals surface area contributed by atoms with Crippen molar-refractivity contribution < 1.29 is 18.7 Å². The Kier molecular flexibility index (Phi) is 7.30. The molecule has 0 aliphatic heterocycles. The molecule has 152 valence electrons. The lowest BCUT2D eigenvalue weighted by Gasteiger charge is -2.22. The van der Waals surface area contributed by atoms with Crippen LogP contribution in [0.2, 0.25) is 0 Å². The highest BCUT2D eigenvalue weighted by Gasteiger charge is 2.17. The molecule has 1 atom stereocenters. The molecule has 0 saturated carbocycles. The summed E-state index contributed by atoms with van der Waals surface area (Å²) in [5.41, 5.74) is 1.11. The zero-order chi connectivity index (χ0) is 20.5. The number of hydrogen-bond acceptors (Lipinski definition) is 5. The summed E-state index contributed by atoms with van der Waals surface area (Å²) in [6.07, 6.45) is 1.63. The summed E-state index contributed by atoms with van der Waals surface area (Å²) in [6, 6.07) is 20.9.